The van der Waals surface area contributed by atoms with Gasteiger partial charge >= 0.3 is 0 Å². The Morgan fingerprint density at radius 1 is 1.45 bits per heavy atom. The number of benzene rings is 1. The summed E-state index contributed by atoms with van der Waals surface area (Å²) in [6.45, 7) is 4.85. The Labute approximate surface area is 69.2 Å². The Kier molecular flexibility index (Phi) is 2.82. The summed E-state index contributed by atoms with van der Waals surface area (Å²) in [5.74, 6) is 0. The standard InChI is InChI=1S/C10H13N/c1-2-8-11-9-10-6-4-3-5-7-10/h2-7,11H,1,8-9H2/i/hD. The first-order valence-electron chi connectivity index (χ1n) is 4.16. The molecule has 0 unspecified atom stereocenters. The molecule has 1 nitrogen and oxygen atoms in total. The SMILES string of the molecule is [2H]N(CC=C)Cc1ccccc1. The van der Waals surface area contributed by atoms with Gasteiger partial charge in [-0.05, 0) is 5.56 Å². The van der Waals surface area contributed by atoms with Gasteiger partial charge in [-0.3, -0.25) is 0 Å². The second-order valence-electron chi connectivity index (χ2n) is 2.34. The summed E-state index contributed by atoms with van der Waals surface area (Å²) in [5.41, 5.74) is 1.16. The van der Waals surface area contributed by atoms with Crippen LogP contribution in [0.5, 0.6) is 0 Å². The third kappa shape index (κ3) is 3.01. The fourth-order valence-electron chi connectivity index (χ4n) is 0.868. The van der Waals surface area contributed by atoms with Crippen LogP contribution < -0.4 is 5.31 Å². The fraction of sp³-hybridized carbons (Fsp3) is 0.200. The van der Waals surface area contributed by atoms with Gasteiger partial charge in [-0.15, -0.1) is 6.58 Å². The van der Waals surface area contributed by atoms with Crippen LogP contribution in [0.4, 0.5) is 0 Å². The lowest BCUT2D eigenvalue weighted by Gasteiger charge is -1.99. The molecule has 1 aromatic carbocycles. The highest BCUT2D eigenvalue weighted by atomic mass is 14.8. The molecule has 0 atom stereocenters. The summed E-state index contributed by atoms with van der Waals surface area (Å²) in [6.07, 6.45) is 1.73. The molecule has 58 valence electrons. The Bertz CT molecular complexity index is 233. The largest absolute Gasteiger partial charge is 0.309 e. The maximum atomic E-state index is 7.47. The average Bonchev–Trinajstić information content (AvgIpc) is 2.06. The third-order valence-corrected chi connectivity index (χ3v) is 1.40. The van der Waals surface area contributed by atoms with Crippen molar-refractivity contribution in [2.45, 2.75) is 6.54 Å². The number of hydrogen-bond acceptors (Lipinski definition) is 1. The molecule has 0 aliphatic heterocycles. The van der Waals surface area contributed by atoms with Crippen LogP contribution in [0.2, 0.25) is 1.41 Å². The van der Waals surface area contributed by atoms with Gasteiger partial charge in [0.05, 0.1) is 0 Å². The second-order valence-corrected chi connectivity index (χ2v) is 2.34. The normalized spacial score (nSPS) is 11.2. The monoisotopic (exact) mass is 148 g/mol. The first-order valence-corrected chi connectivity index (χ1v) is 3.71. The topological polar surface area (TPSA) is 12.0 Å². The van der Waals surface area contributed by atoms with E-state index < -0.39 is 0 Å². The maximum absolute atomic E-state index is 7.47. The molecule has 0 bridgehead atoms. The highest BCUT2D eigenvalue weighted by Crippen LogP contribution is 1.96. The van der Waals surface area contributed by atoms with Crippen molar-refractivity contribution in [2.75, 3.05) is 6.54 Å². The van der Waals surface area contributed by atoms with Crippen LogP contribution in [-0.4, -0.2) is 6.54 Å². The molecule has 0 amide bonds. The molecular weight excluding hydrogens is 134 g/mol. The lowest BCUT2D eigenvalue weighted by atomic mass is 10.2. The molecule has 0 heterocycles. The molecule has 0 aromatic heterocycles. The van der Waals surface area contributed by atoms with E-state index in [9.17, 15) is 0 Å². The van der Waals surface area contributed by atoms with Gasteiger partial charge in [0, 0.05) is 13.1 Å². The van der Waals surface area contributed by atoms with Crippen LogP contribution in [0.1, 0.15) is 5.56 Å². The molecule has 1 rings (SSSR count). The molecule has 0 aliphatic rings. The summed E-state index contributed by atoms with van der Waals surface area (Å²) in [7, 11) is 0. The molecule has 0 fully saturated rings. The zero-order valence-corrected chi connectivity index (χ0v) is 6.53. The smallest absolute Gasteiger partial charge is 0.123 e. The van der Waals surface area contributed by atoms with Crippen LogP contribution in [0, 0.1) is 0 Å². The van der Waals surface area contributed by atoms with E-state index in [0.29, 0.717) is 13.1 Å². The van der Waals surface area contributed by atoms with E-state index in [1.165, 1.54) is 5.31 Å². The van der Waals surface area contributed by atoms with Gasteiger partial charge in [0.25, 0.3) is 0 Å². The van der Waals surface area contributed by atoms with Crippen molar-refractivity contribution in [2.24, 2.45) is 0 Å². The number of hydrogen-bond donors (Lipinski definition) is 1. The van der Waals surface area contributed by atoms with Gasteiger partial charge in [-0.25, -0.2) is 0 Å². The summed E-state index contributed by atoms with van der Waals surface area (Å²) in [5, 5.41) is 1.47. The van der Waals surface area contributed by atoms with Crippen LogP contribution in [0.3, 0.4) is 0 Å². The Morgan fingerprint density at radius 2 is 2.18 bits per heavy atom. The fourth-order valence-corrected chi connectivity index (χ4v) is 0.868. The van der Waals surface area contributed by atoms with Crippen molar-refractivity contribution in [3.05, 3.63) is 48.6 Å². The Morgan fingerprint density at radius 3 is 2.82 bits per heavy atom. The predicted molar refractivity (Wildman–Crippen MR) is 48.3 cm³/mol. The van der Waals surface area contributed by atoms with E-state index in [1.54, 1.807) is 6.08 Å². The maximum Gasteiger partial charge on any atom is 0.123 e. The molecule has 0 saturated carbocycles. The van der Waals surface area contributed by atoms with E-state index in [4.69, 9.17) is 1.41 Å². The highest BCUT2D eigenvalue weighted by molar-refractivity contribution is 5.14. The summed E-state index contributed by atoms with van der Waals surface area (Å²) >= 11 is 0. The van der Waals surface area contributed by atoms with E-state index in [0.717, 1.165) is 5.56 Å². The third-order valence-electron chi connectivity index (χ3n) is 1.40. The second kappa shape index (κ2) is 4.69. The molecule has 0 radical (unpaired) electrons. The van der Waals surface area contributed by atoms with Crippen molar-refractivity contribution in [1.29, 1.82) is 0 Å². The Hall–Kier alpha value is -1.08. The minimum Gasteiger partial charge on any atom is -0.309 e. The zero-order chi connectivity index (χ0) is 8.81. The number of nitrogens with one attached hydrogen (secondary N) is 1. The molecule has 1 heteroatoms. The minimum atomic E-state index is 0.606. The van der Waals surface area contributed by atoms with Crippen LogP contribution in [0.15, 0.2) is 43.0 Å². The summed E-state index contributed by atoms with van der Waals surface area (Å²) in [6, 6.07) is 9.98. The summed E-state index contributed by atoms with van der Waals surface area (Å²) in [4.78, 5) is 0. The van der Waals surface area contributed by atoms with Crippen molar-refractivity contribution in [1.82, 2.24) is 5.31 Å². The lowest BCUT2D eigenvalue weighted by Crippen LogP contribution is -2.12. The van der Waals surface area contributed by atoms with Gasteiger partial charge in [0.15, 0.2) is 0 Å². The van der Waals surface area contributed by atoms with E-state index in [-0.39, 0.29) is 0 Å². The van der Waals surface area contributed by atoms with Crippen molar-refractivity contribution in [3.8, 4) is 0 Å². The first kappa shape index (κ1) is 6.62. The van der Waals surface area contributed by atoms with Gasteiger partial charge in [-0.2, -0.15) is 0 Å². The predicted octanol–water partition coefficient (Wildman–Crippen LogP) is 1.96. The lowest BCUT2D eigenvalue weighted by molar-refractivity contribution is 0.760. The first-order chi connectivity index (χ1) is 5.83. The zero-order valence-electron chi connectivity index (χ0n) is 7.53. The van der Waals surface area contributed by atoms with E-state index in [1.807, 2.05) is 30.3 Å². The van der Waals surface area contributed by atoms with Crippen LogP contribution in [-0.2, 0) is 6.54 Å². The molecule has 0 spiro atoms. The van der Waals surface area contributed by atoms with Gasteiger partial charge < -0.3 is 5.31 Å². The van der Waals surface area contributed by atoms with Gasteiger partial charge in [-0.1, -0.05) is 36.4 Å². The molecule has 11 heavy (non-hydrogen) atoms. The van der Waals surface area contributed by atoms with E-state index >= 15 is 0 Å². The minimum absolute atomic E-state index is 0.606. The molecule has 1 aromatic rings. The van der Waals surface area contributed by atoms with Crippen molar-refractivity contribution >= 4 is 0 Å². The highest BCUT2D eigenvalue weighted by Gasteiger charge is 1.86. The quantitative estimate of drug-likeness (QED) is 0.644. The number of rotatable bonds is 4. The van der Waals surface area contributed by atoms with Crippen LogP contribution >= 0.6 is 0 Å². The average molecular weight is 148 g/mol. The van der Waals surface area contributed by atoms with Crippen molar-refractivity contribution < 1.29 is 1.41 Å². The Balaban J connectivity index is 2.46. The van der Waals surface area contributed by atoms with Gasteiger partial charge in [0.2, 0.25) is 0 Å². The molecule has 0 aliphatic carbocycles. The van der Waals surface area contributed by atoms with Gasteiger partial charge in [0.1, 0.15) is 1.41 Å². The van der Waals surface area contributed by atoms with E-state index in [2.05, 4.69) is 6.58 Å². The summed E-state index contributed by atoms with van der Waals surface area (Å²) < 4.78 is 7.47. The molecule has 1 N–H and O–H groups in total. The molecule has 0 saturated heterocycles. The van der Waals surface area contributed by atoms with Crippen molar-refractivity contribution in [3.63, 3.8) is 0 Å². The molecular formula is C10H13N. The van der Waals surface area contributed by atoms with Crippen LogP contribution in [0.25, 0.3) is 0 Å².